The molecular weight excluding hydrogens is 596 g/mol. The van der Waals surface area contributed by atoms with Gasteiger partial charge in [0.05, 0.1) is 13.2 Å². The number of unbranched alkanes of at least 4 members (excludes halogenated alkanes) is 19. The molecule has 1 aromatic carbocycles. The summed E-state index contributed by atoms with van der Waals surface area (Å²) in [4.78, 5) is 28.4. The van der Waals surface area contributed by atoms with Gasteiger partial charge in [-0.15, -0.1) is 0 Å². The van der Waals surface area contributed by atoms with Crippen molar-refractivity contribution in [1.29, 1.82) is 0 Å². The number of phenols is 1. The van der Waals surface area contributed by atoms with E-state index in [0.717, 1.165) is 74.5 Å². The minimum atomic E-state index is -1.40. The van der Waals surface area contributed by atoms with E-state index < -0.39 is 17.4 Å². The van der Waals surface area contributed by atoms with Gasteiger partial charge >= 0.3 is 11.9 Å². The van der Waals surface area contributed by atoms with Crippen molar-refractivity contribution in [1.82, 2.24) is 0 Å². The van der Waals surface area contributed by atoms with Crippen LogP contribution in [-0.4, -0.2) is 30.3 Å². The number of carbonyl (C=O) groups excluding carboxylic acids is 2. The monoisotopic (exact) mass is 673 g/mol. The van der Waals surface area contributed by atoms with Crippen molar-refractivity contribution in [2.75, 3.05) is 13.2 Å². The molecule has 0 aliphatic carbocycles. The zero-order valence-electron chi connectivity index (χ0n) is 32.6. The number of hydrogen-bond acceptors (Lipinski definition) is 5. The van der Waals surface area contributed by atoms with Crippen LogP contribution in [0.4, 0.5) is 0 Å². The molecule has 0 fully saturated rings. The molecular formula is C43H76O5. The summed E-state index contributed by atoms with van der Waals surface area (Å²) in [7, 11) is 0. The highest BCUT2D eigenvalue weighted by molar-refractivity contribution is 6.00. The molecule has 1 aromatic rings. The molecule has 0 saturated heterocycles. The van der Waals surface area contributed by atoms with Crippen LogP contribution in [0, 0.1) is 12.3 Å². The lowest BCUT2D eigenvalue weighted by atomic mass is 9.75. The van der Waals surface area contributed by atoms with Gasteiger partial charge in [0.1, 0.15) is 5.75 Å². The van der Waals surface area contributed by atoms with Crippen LogP contribution >= 0.6 is 0 Å². The number of aromatic hydroxyl groups is 1. The quantitative estimate of drug-likeness (QED) is 0.0521. The number of carbonyl (C=O) groups is 2. The summed E-state index contributed by atoms with van der Waals surface area (Å²) in [6.45, 7) is 15.5. The van der Waals surface area contributed by atoms with E-state index in [4.69, 9.17) is 9.47 Å². The molecule has 1 N–H and O–H groups in total. The Hall–Kier alpha value is -2.04. The summed E-state index contributed by atoms with van der Waals surface area (Å²) >= 11 is 0. The molecule has 0 atom stereocenters. The smallest absolute Gasteiger partial charge is 0.323 e. The summed E-state index contributed by atoms with van der Waals surface area (Å²) in [5.41, 5.74) is 0.759. The van der Waals surface area contributed by atoms with Crippen molar-refractivity contribution >= 4 is 11.9 Å². The Labute approximate surface area is 296 Å². The average Bonchev–Trinajstić information content (AvgIpc) is 3.05. The molecule has 0 unspecified atom stereocenters. The van der Waals surface area contributed by atoms with Crippen LogP contribution in [0.25, 0.3) is 0 Å². The lowest BCUT2D eigenvalue weighted by molar-refractivity contribution is -0.173. The summed E-state index contributed by atoms with van der Waals surface area (Å²) in [5, 5.41) is 10.9. The van der Waals surface area contributed by atoms with Gasteiger partial charge in [-0.3, -0.25) is 9.59 Å². The normalized spacial score (nSPS) is 12.0. The molecule has 0 spiro atoms. The number of aryl methyl sites for hydroxylation is 1. The Balaban J connectivity index is 3.17. The predicted octanol–water partition coefficient (Wildman–Crippen LogP) is 12.6. The van der Waals surface area contributed by atoms with Crippen LogP contribution in [0.3, 0.4) is 0 Å². The third kappa shape index (κ3) is 17.6. The maximum Gasteiger partial charge on any atom is 0.323 e. The molecule has 0 aliphatic heterocycles. The SMILES string of the molecule is CCCCCCCCCCOC(=O)C(CCCCCCCC)(Cc1cc(C)c(O)c(C(C)(C)C)c1)C(=O)OCCCCCCCCCC. The molecule has 0 bridgehead atoms. The molecule has 0 aliphatic rings. The van der Waals surface area contributed by atoms with Crippen LogP contribution < -0.4 is 0 Å². The van der Waals surface area contributed by atoms with Gasteiger partial charge < -0.3 is 14.6 Å². The van der Waals surface area contributed by atoms with Crippen LogP contribution in [-0.2, 0) is 30.9 Å². The van der Waals surface area contributed by atoms with Crippen molar-refractivity contribution in [3.05, 3.63) is 28.8 Å². The number of ether oxygens (including phenoxy) is 2. The van der Waals surface area contributed by atoms with Gasteiger partial charge in [-0.25, -0.2) is 0 Å². The minimum absolute atomic E-state index is 0.221. The van der Waals surface area contributed by atoms with Crippen molar-refractivity contribution in [3.63, 3.8) is 0 Å². The topological polar surface area (TPSA) is 72.8 Å². The van der Waals surface area contributed by atoms with Gasteiger partial charge in [0.2, 0.25) is 0 Å². The maximum atomic E-state index is 14.2. The zero-order valence-corrected chi connectivity index (χ0v) is 32.6. The van der Waals surface area contributed by atoms with Crippen LogP contribution in [0.1, 0.15) is 206 Å². The minimum Gasteiger partial charge on any atom is -0.507 e. The Morgan fingerprint density at radius 3 is 1.35 bits per heavy atom. The lowest BCUT2D eigenvalue weighted by Crippen LogP contribution is -2.44. The van der Waals surface area contributed by atoms with Crippen molar-refractivity contribution in [3.8, 4) is 5.75 Å². The summed E-state index contributed by atoms with van der Waals surface area (Å²) in [5.74, 6) is -0.603. The second-order valence-electron chi connectivity index (χ2n) is 15.6. The fraction of sp³-hybridized carbons (Fsp3) is 0.814. The molecule has 1 rings (SSSR count). The molecule has 0 aromatic heterocycles. The zero-order chi connectivity index (χ0) is 35.7. The predicted molar refractivity (Wildman–Crippen MR) is 203 cm³/mol. The van der Waals surface area contributed by atoms with E-state index in [-0.39, 0.29) is 17.6 Å². The average molecular weight is 673 g/mol. The summed E-state index contributed by atoms with van der Waals surface area (Å²) in [6.07, 6.45) is 25.6. The summed E-state index contributed by atoms with van der Waals surface area (Å²) < 4.78 is 12.0. The maximum absolute atomic E-state index is 14.2. The molecule has 278 valence electrons. The number of benzene rings is 1. The standard InChI is InChI=1S/C43H76O5/c1-8-11-14-17-20-22-25-28-31-47-40(45)43(30-27-24-19-16-13-10-3,41(46)48-32-29-26-23-21-18-15-12-9-2)35-37-33-36(4)39(44)38(34-37)42(5,6)7/h33-34,44H,8-32,35H2,1-7H3. The van der Waals surface area contributed by atoms with E-state index in [0.29, 0.717) is 19.6 Å². The van der Waals surface area contributed by atoms with Crippen molar-refractivity contribution < 1.29 is 24.2 Å². The van der Waals surface area contributed by atoms with E-state index in [1.54, 1.807) is 0 Å². The Bertz CT molecular complexity index is 958. The highest BCUT2D eigenvalue weighted by atomic mass is 16.6. The molecule has 5 nitrogen and oxygen atoms in total. The lowest BCUT2D eigenvalue weighted by Gasteiger charge is -2.31. The Morgan fingerprint density at radius 2 is 0.958 bits per heavy atom. The Morgan fingerprint density at radius 1 is 0.583 bits per heavy atom. The fourth-order valence-electron chi connectivity index (χ4n) is 6.68. The van der Waals surface area contributed by atoms with Gasteiger partial charge in [0.25, 0.3) is 0 Å². The number of esters is 2. The number of hydrogen-bond donors (Lipinski definition) is 1. The van der Waals surface area contributed by atoms with E-state index in [2.05, 4.69) is 41.5 Å². The number of rotatable bonds is 29. The number of phenolic OH excluding ortho intramolecular Hbond substituents is 1. The molecule has 0 saturated carbocycles. The molecule has 0 amide bonds. The first kappa shape index (κ1) is 44.0. The first-order valence-corrected chi connectivity index (χ1v) is 20.2. The van der Waals surface area contributed by atoms with Crippen molar-refractivity contribution in [2.45, 2.75) is 208 Å². The first-order valence-electron chi connectivity index (χ1n) is 20.2. The second-order valence-corrected chi connectivity index (χ2v) is 15.6. The third-order valence-corrected chi connectivity index (χ3v) is 9.87. The Kier molecular flexibility index (Phi) is 23.7. The fourth-order valence-corrected chi connectivity index (χ4v) is 6.68. The van der Waals surface area contributed by atoms with Crippen molar-refractivity contribution in [2.24, 2.45) is 5.41 Å². The van der Waals surface area contributed by atoms with Gasteiger partial charge in [-0.1, -0.05) is 182 Å². The van der Waals surface area contributed by atoms with Crippen LogP contribution in [0.15, 0.2) is 12.1 Å². The summed E-state index contributed by atoms with van der Waals surface area (Å²) in [6, 6.07) is 3.91. The second kappa shape index (κ2) is 25.9. The van der Waals surface area contributed by atoms with E-state index in [9.17, 15) is 14.7 Å². The highest BCUT2D eigenvalue weighted by Crippen LogP contribution is 2.39. The largest absolute Gasteiger partial charge is 0.507 e. The van der Waals surface area contributed by atoms with E-state index >= 15 is 0 Å². The first-order chi connectivity index (χ1) is 23.0. The van der Waals surface area contributed by atoms with Gasteiger partial charge in [-0.05, 0) is 54.7 Å². The highest BCUT2D eigenvalue weighted by Gasteiger charge is 2.48. The van der Waals surface area contributed by atoms with Crippen LogP contribution in [0.2, 0.25) is 0 Å². The van der Waals surface area contributed by atoms with E-state index in [1.807, 2.05) is 19.1 Å². The molecule has 0 radical (unpaired) electrons. The van der Waals surface area contributed by atoms with E-state index in [1.165, 1.54) is 83.5 Å². The van der Waals surface area contributed by atoms with Crippen LogP contribution in [0.5, 0.6) is 5.75 Å². The molecule has 48 heavy (non-hydrogen) atoms. The third-order valence-electron chi connectivity index (χ3n) is 9.87. The van der Waals surface area contributed by atoms with Gasteiger partial charge in [-0.2, -0.15) is 0 Å². The van der Waals surface area contributed by atoms with Gasteiger partial charge in [0, 0.05) is 0 Å². The molecule has 0 heterocycles. The molecule has 5 heteroatoms. The van der Waals surface area contributed by atoms with Gasteiger partial charge in [0.15, 0.2) is 5.41 Å².